The monoisotopic (exact) mass is 455 g/mol. The smallest absolute Gasteiger partial charge is 0.303 e. The Morgan fingerprint density at radius 1 is 0.969 bits per heavy atom. The first-order valence-corrected chi connectivity index (χ1v) is 10.8. The zero-order valence-corrected chi connectivity index (χ0v) is 19.3. The van der Waals surface area contributed by atoms with E-state index in [0.29, 0.717) is 0 Å². The maximum atomic E-state index is 11.8. The third kappa shape index (κ3) is 7.56. The van der Waals surface area contributed by atoms with Crippen LogP contribution in [0.4, 0.5) is 0 Å². The molecule has 0 aliphatic carbocycles. The highest BCUT2D eigenvalue weighted by Gasteiger charge is 2.52. The summed E-state index contributed by atoms with van der Waals surface area (Å²) in [6, 6.07) is 0. The van der Waals surface area contributed by atoms with Gasteiger partial charge in [-0.2, -0.15) is 0 Å². The number of hydrogen-bond donors (Lipinski definition) is 0. The number of aromatic nitrogens is 3. The molecule has 1 aliphatic heterocycles. The number of aryl methyl sites for hydroxylation is 1. The Hall–Kier alpha value is -2.53. The van der Waals surface area contributed by atoms with E-state index in [9.17, 15) is 14.4 Å². The minimum absolute atomic E-state index is 0.157. The van der Waals surface area contributed by atoms with E-state index in [-0.39, 0.29) is 6.54 Å². The number of carbonyl (C=O) groups is 3. The molecule has 0 saturated carbocycles. The van der Waals surface area contributed by atoms with Crippen molar-refractivity contribution >= 4 is 17.9 Å². The molecular weight excluding hydrogens is 422 g/mol. The van der Waals surface area contributed by atoms with Gasteiger partial charge in [-0.15, -0.1) is 5.10 Å². The first-order valence-electron chi connectivity index (χ1n) is 10.8. The first-order chi connectivity index (χ1) is 15.2. The second-order valence-corrected chi connectivity index (χ2v) is 7.74. The maximum absolute atomic E-state index is 11.8. The van der Waals surface area contributed by atoms with Gasteiger partial charge in [0.2, 0.25) is 0 Å². The quantitative estimate of drug-likeness (QED) is 0.275. The van der Waals surface area contributed by atoms with E-state index in [1.807, 2.05) is 0 Å². The average Bonchev–Trinajstić information content (AvgIpc) is 3.15. The lowest BCUT2D eigenvalue weighted by atomic mass is 9.97. The fraction of sp³-hybridized carbons (Fsp3) is 0.762. The molecule has 0 unspecified atom stereocenters. The predicted octanol–water partition coefficient (Wildman–Crippen LogP) is 1.57. The van der Waals surface area contributed by atoms with Crippen LogP contribution in [0.2, 0.25) is 0 Å². The molecule has 5 atom stereocenters. The molecule has 0 radical (unpaired) electrons. The van der Waals surface area contributed by atoms with Gasteiger partial charge in [-0.05, 0) is 12.8 Å². The lowest BCUT2D eigenvalue weighted by Crippen LogP contribution is -2.62. The van der Waals surface area contributed by atoms with E-state index < -0.39 is 48.6 Å². The van der Waals surface area contributed by atoms with Gasteiger partial charge in [0.1, 0.15) is 6.10 Å². The number of hydrogen-bond acceptors (Lipinski definition) is 10. The van der Waals surface area contributed by atoms with Crippen molar-refractivity contribution < 1.29 is 38.1 Å². The standard InChI is InChI=1S/C21H33N3O8/c1-6-7-8-9-10-16-11-24(23-22-16)12-17-18(29-13(2)25)19(30-14(3)26)20(31-15(4)27)21(28-5)32-17/h11,17-21H,6-10,12H2,1-5H3/t17-,18-,19+,20-,21+/m1/s1. The van der Waals surface area contributed by atoms with Crippen LogP contribution in [0.5, 0.6) is 0 Å². The van der Waals surface area contributed by atoms with Crippen LogP contribution in [0.15, 0.2) is 6.20 Å². The van der Waals surface area contributed by atoms with Crippen molar-refractivity contribution in [1.29, 1.82) is 0 Å². The number of unbranched alkanes of at least 4 members (excludes halogenated alkanes) is 3. The molecule has 11 heteroatoms. The highest BCUT2D eigenvalue weighted by Crippen LogP contribution is 2.30. The van der Waals surface area contributed by atoms with Crippen molar-refractivity contribution in [2.75, 3.05) is 7.11 Å². The number of ether oxygens (including phenoxy) is 5. The molecular formula is C21H33N3O8. The highest BCUT2D eigenvalue weighted by molar-refractivity contribution is 5.68. The summed E-state index contributed by atoms with van der Waals surface area (Å²) in [6.07, 6.45) is 1.96. The van der Waals surface area contributed by atoms with Gasteiger partial charge >= 0.3 is 17.9 Å². The lowest BCUT2D eigenvalue weighted by molar-refractivity contribution is -0.300. The molecule has 0 spiro atoms. The summed E-state index contributed by atoms with van der Waals surface area (Å²) in [5, 5.41) is 8.33. The molecule has 1 aliphatic rings. The Morgan fingerprint density at radius 3 is 2.19 bits per heavy atom. The molecule has 1 saturated heterocycles. The van der Waals surface area contributed by atoms with E-state index in [1.54, 1.807) is 10.9 Å². The molecule has 1 fully saturated rings. The van der Waals surface area contributed by atoms with Gasteiger partial charge in [-0.1, -0.05) is 31.4 Å². The normalized spacial score (nSPS) is 25.2. The summed E-state index contributed by atoms with van der Waals surface area (Å²) < 4.78 is 29.0. The largest absolute Gasteiger partial charge is 0.456 e. The molecule has 0 aromatic carbocycles. The summed E-state index contributed by atoms with van der Waals surface area (Å²) in [7, 11) is 1.37. The Morgan fingerprint density at radius 2 is 1.59 bits per heavy atom. The van der Waals surface area contributed by atoms with Gasteiger partial charge in [0.25, 0.3) is 0 Å². The Labute approximate surface area is 187 Å². The number of nitrogens with zero attached hydrogens (tertiary/aromatic N) is 3. The summed E-state index contributed by atoms with van der Waals surface area (Å²) in [4.78, 5) is 35.2. The zero-order valence-electron chi connectivity index (χ0n) is 19.3. The van der Waals surface area contributed by atoms with Gasteiger partial charge in [0.15, 0.2) is 24.6 Å². The molecule has 0 N–H and O–H groups in total. The minimum Gasteiger partial charge on any atom is -0.456 e. The molecule has 0 amide bonds. The number of carbonyl (C=O) groups excluding carboxylic acids is 3. The summed E-state index contributed by atoms with van der Waals surface area (Å²) in [5.74, 6) is -1.86. The maximum Gasteiger partial charge on any atom is 0.303 e. The molecule has 1 aromatic heterocycles. The van der Waals surface area contributed by atoms with Gasteiger partial charge < -0.3 is 23.7 Å². The predicted molar refractivity (Wildman–Crippen MR) is 110 cm³/mol. The molecule has 2 heterocycles. The fourth-order valence-corrected chi connectivity index (χ4v) is 3.65. The minimum atomic E-state index is -1.12. The van der Waals surface area contributed by atoms with Crippen molar-refractivity contribution in [2.45, 2.75) is 97.0 Å². The Balaban J connectivity index is 2.23. The van der Waals surface area contributed by atoms with E-state index in [2.05, 4.69) is 17.2 Å². The summed E-state index contributed by atoms with van der Waals surface area (Å²) in [5.41, 5.74) is 0.846. The third-order valence-corrected chi connectivity index (χ3v) is 4.97. The van der Waals surface area contributed by atoms with Gasteiger partial charge in [-0.3, -0.25) is 14.4 Å². The van der Waals surface area contributed by atoms with Crippen molar-refractivity contribution in [3.8, 4) is 0 Å². The molecule has 1 aromatic rings. The van der Waals surface area contributed by atoms with Crippen LogP contribution in [0, 0.1) is 0 Å². The van der Waals surface area contributed by atoms with Gasteiger partial charge in [0, 0.05) is 34.1 Å². The second kappa shape index (κ2) is 12.5. The van der Waals surface area contributed by atoms with Crippen LogP contribution in [-0.2, 0) is 51.0 Å². The van der Waals surface area contributed by atoms with Crippen LogP contribution in [0.3, 0.4) is 0 Å². The van der Waals surface area contributed by atoms with Gasteiger partial charge in [-0.25, -0.2) is 4.68 Å². The fourth-order valence-electron chi connectivity index (χ4n) is 3.65. The number of methoxy groups -OCH3 is 1. The Kier molecular flexibility index (Phi) is 10.0. The van der Waals surface area contributed by atoms with Gasteiger partial charge in [0.05, 0.1) is 12.2 Å². The molecule has 180 valence electrons. The summed E-state index contributed by atoms with van der Waals surface area (Å²) in [6.45, 7) is 5.97. The highest BCUT2D eigenvalue weighted by atomic mass is 16.7. The zero-order chi connectivity index (χ0) is 23.7. The van der Waals surface area contributed by atoms with Crippen molar-refractivity contribution in [3.05, 3.63) is 11.9 Å². The lowest BCUT2D eigenvalue weighted by Gasteiger charge is -2.43. The van der Waals surface area contributed by atoms with Crippen molar-refractivity contribution in [2.24, 2.45) is 0 Å². The van der Waals surface area contributed by atoms with Crippen molar-refractivity contribution in [1.82, 2.24) is 15.0 Å². The number of rotatable bonds is 11. The van der Waals surface area contributed by atoms with E-state index in [1.165, 1.54) is 34.3 Å². The van der Waals surface area contributed by atoms with E-state index in [4.69, 9.17) is 23.7 Å². The van der Waals surface area contributed by atoms with Crippen LogP contribution in [0.1, 0.15) is 59.1 Å². The SMILES string of the molecule is CCCCCCc1cn(C[C@H]2O[C@H](OC)[C@H](OC(C)=O)[C@@H](OC(C)=O)[C@@H]2OC(C)=O)nn1. The molecule has 2 rings (SSSR count). The van der Waals surface area contributed by atoms with Crippen molar-refractivity contribution in [3.63, 3.8) is 0 Å². The summed E-state index contributed by atoms with van der Waals surface area (Å²) >= 11 is 0. The third-order valence-electron chi connectivity index (χ3n) is 4.97. The molecule has 11 nitrogen and oxygen atoms in total. The van der Waals surface area contributed by atoms with Crippen LogP contribution >= 0.6 is 0 Å². The first kappa shape index (κ1) is 25.7. The topological polar surface area (TPSA) is 128 Å². The van der Waals surface area contributed by atoms with Crippen LogP contribution in [0.25, 0.3) is 0 Å². The average molecular weight is 456 g/mol. The number of esters is 3. The molecule has 32 heavy (non-hydrogen) atoms. The second-order valence-electron chi connectivity index (χ2n) is 7.74. The molecule has 0 bridgehead atoms. The van der Waals surface area contributed by atoms with Crippen LogP contribution < -0.4 is 0 Å². The van der Waals surface area contributed by atoms with Crippen LogP contribution in [-0.4, -0.2) is 70.7 Å². The van der Waals surface area contributed by atoms with E-state index >= 15 is 0 Å². The Bertz CT molecular complexity index is 768. The van der Waals surface area contributed by atoms with E-state index in [0.717, 1.165) is 31.4 Å².